The van der Waals surface area contributed by atoms with Crippen LogP contribution >= 0.6 is 0 Å². The topological polar surface area (TPSA) is 49.3 Å². The molecule has 92 valence electrons. The maximum absolute atomic E-state index is 12.3. The van der Waals surface area contributed by atoms with Gasteiger partial charge in [-0.2, -0.15) is 0 Å². The highest BCUT2D eigenvalue weighted by Gasteiger charge is 2.33. The minimum absolute atomic E-state index is 0.211. The van der Waals surface area contributed by atoms with Crippen molar-refractivity contribution in [3.05, 3.63) is 29.8 Å². The number of phenolic OH excluding ortho intramolecular Hbond substituents is 1. The van der Waals surface area contributed by atoms with E-state index in [-0.39, 0.29) is 17.1 Å². The Morgan fingerprint density at radius 1 is 1.47 bits per heavy atom. The molecule has 1 unspecified atom stereocenters. The van der Waals surface area contributed by atoms with Gasteiger partial charge in [0.1, 0.15) is 5.75 Å². The summed E-state index contributed by atoms with van der Waals surface area (Å²) in [6, 6.07) is 6.93. The van der Waals surface area contributed by atoms with Crippen molar-refractivity contribution >= 4 is 5.78 Å². The highest BCUT2D eigenvalue weighted by molar-refractivity contribution is 5.90. The van der Waals surface area contributed by atoms with Crippen LogP contribution in [0.25, 0.3) is 0 Å². The van der Waals surface area contributed by atoms with E-state index in [4.69, 9.17) is 0 Å². The van der Waals surface area contributed by atoms with Gasteiger partial charge < -0.3 is 10.4 Å². The summed E-state index contributed by atoms with van der Waals surface area (Å²) < 4.78 is 0. The first-order chi connectivity index (χ1) is 8.10. The van der Waals surface area contributed by atoms with Gasteiger partial charge in [-0.1, -0.05) is 12.1 Å². The van der Waals surface area contributed by atoms with E-state index in [2.05, 4.69) is 5.32 Å². The molecule has 1 aromatic rings. The lowest BCUT2D eigenvalue weighted by atomic mass is 9.84. The second-order valence-electron chi connectivity index (χ2n) is 4.99. The van der Waals surface area contributed by atoms with E-state index in [1.807, 2.05) is 13.0 Å². The van der Waals surface area contributed by atoms with Crippen molar-refractivity contribution in [3.63, 3.8) is 0 Å². The highest BCUT2D eigenvalue weighted by Crippen LogP contribution is 2.22. The monoisotopic (exact) mass is 233 g/mol. The van der Waals surface area contributed by atoms with Crippen molar-refractivity contribution in [2.24, 2.45) is 0 Å². The average molecular weight is 233 g/mol. The normalized spacial score (nSPS) is 24.5. The van der Waals surface area contributed by atoms with Crippen LogP contribution in [0.4, 0.5) is 0 Å². The molecule has 0 aromatic heterocycles. The molecule has 0 amide bonds. The summed E-state index contributed by atoms with van der Waals surface area (Å²) in [5.74, 6) is 0.430. The summed E-state index contributed by atoms with van der Waals surface area (Å²) in [6.07, 6.45) is 3.55. The quantitative estimate of drug-likeness (QED) is 0.840. The van der Waals surface area contributed by atoms with Gasteiger partial charge in [-0.05, 0) is 50.4 Å². The Hall–Kier alpha value is -1.35. The molecule has 1 aliphatic rings. The first kappa shape index (κ1) is 12.1. The summed E-state index contributed by atoms with van der Waals surface area (Å²) in [6.45, 7) is 2.90. The zero-order valence-corrected chi connectivity index (χ0v) is 10.2. The van der Waals surface area contributed by atoms with Crippen LogP contribution in [0.3, 0.4) is 0 Å². The van der Waals surface area contributed by atoms with Gasteiger partial charge in [0.15, 0.2) is 5.78 Å². The zero-order valence-electron chi connectivity index (χ0n) is 10.2. The number of Topliss-reactive ketones (excluding diaryl/α,β-unsaturated/α-hetero) is 1. The van der Waals surface area contributed by atoms with Crippen LogP contribution in [0.5, 0.6) is 5.75 Å². The summed E-state index contributed by atoms with van der Waals surface area (Å²) in [7, 11) is 0. The molecule has 0 bridgehead atoms. The third kappa shape index (κ3) is 2.86. The standard InChI is InChI=1S/C14H19NO2/c1-14(7-2-3-8-15-14)13(17)10-11-5-4-6-12(16)9-11/h4-6,9,15-16H,2-3,7-8,10H2,1H3. The molecule has 1 heterocycles. The van der Waals surface area contributed by atoms with Crippen LogP contribution in [0, 0.1) is 0 Å². The molecule has 1 fully saturated rings. The van der Waals surface area contributed by atoms with Crippen molar-refractivity contribution < 1.29 is 9.90 Å². The van der Waals surface area contributed by atoms with Crippen LogP contribution in [-0.2, 0) is 11.2 Å². The molecule has 1 saturated heterocycles. The molecule has 1 aliphatic heterocycles. The van der Waals surface area contributed by atoms with Crippen LogP contribution in [-0.4, -0.2) is 23.0 Å². The number of phenols is 1. The summed E-state index contributed by atoms with van der Waals surface area (Å²) in [4.78, 5) is 12.3. The first-order valence-electron chi connectivity index (χ1n) is 6.16. The molecule has 2 rings (SSSR count). The number of benzene rings is 1. The number of hydrogen-bond donors (Lipinski definition) is 2. The van der Waals surface area contributed by atoms with E-state index in [9.17, 15) is 9.90 Å². The van der Waals surface area contributed by atoms with Crippen molar-refractivity contribution in [1.29, 1.82) is 0 Å². The Kier molecular flexibility index (Phi) is 3.48. The second-order valence-corrected chi connectivity index (χ2v) is 4.99. The molecular formula is C14H19NO2. The number of carbonyl (C=O) groups excluding carboxylic acids is 1. The summed E-state index contributed by atoms with van der Waals surface area (Å²) in [5.41, 5.74) is 0.493. The molecule has 3 nitrogen and oxygen atoms in total. The minimum atomic E-state index is -0.385. The molecule has 2 N–H and O–H groups in total. The van der Waals surface area contributed by atoms with Crippen molar-refractivity contribution in [2.75, 3.05) is 6.54 Å². The lowest BCUT2D eigenvalue weighted by Gasteiger charge is -2.33. The third-order valence-electron chi connectivity index (χ3n) is 3.51. The van der Waals surface area contributed by atoms with E-state index in [1.54, 1.807) is 18.2 Å². The fraction of sp³-hybridized carbons (Fsp3) is 0.500. The predicted molar refractivity (Wildman–Crippen MR) is 67.1 cm³/mol. The van der Waals surface area contributed by atoms with Gasteiger partial charge in [-0.3, -0.25) is 4.79 Å². The number of hydrogen-bond acceptors (Lipinski definition) is 3. The second kappa shape index (κ2) is 4.88. The lowest BCUT2D eigenvalue weighted by Crippen LogP contribution is -2.52. The SMILES string of the molecule is CC1(C(=O)Cc2cccc(O)c2)CCCCN1. The molecular weight excluding hydrogens is 214 g/mol. The molecule has 1 atom stereocenters. The third-order valence-corrected chi connectivity index (χ3v) is 3.51. The van der Waals surface area contributed by atoms with Gasteiger partial charge in [0.25, 0.3) is 0 Å². The first-order valence-corrected chi connectivity index (χ1v) is 6.16. The van der Waals surface area contributed by atoms with Crippen molar-refractivity contribution in [2.45, 2.75) is 38.1 Å². The Morgan fingerprint density at radius 3 is 2.94 bits per heavy atom. The number of rotatable bonds is 3. The Morgan fingerprint density at radius 2 is 2.29 bits per heavy atom. The number of ketones is 1. The number of aromatic hydroxyl groups is 1. The fourth-order valence-electron chi connectivity index (χ4n) is 2.34. The van der Waals surface area contributed by atoms with Crippen LogP contribution in [0.2, 0.25) is 0 Å². The van der Waals surface area contributed by atoms with E-state index in [1.165, 1.54) is 0 Å². The Labute approximate surface area is 102 Å². The summed E-state index contributed by atoms with van der Waals surface area (Å²) in [5, 5.41) is 12.7. The van der Waals surface area contributed by atoms with Gasteiger partial charge in [-0.15, -0.1) is 0 Å². The van der Waals surface area contributed by atoms with Gasteiger partial charge in [0.2, 0.25) is 0 Å². The molecule has 0 radical (unpaired) electrons. The Balaban J connectivity index is 2.05. The van der Waals surface area contributed by atoms with Gasteiger partial charge in [0.05, 0.1) is 5.54 Å². The fourth-order valence-corrected chi connectivity index (χ4v) is 2.34. The summed E-state index contributed by atoms with van der Waals surface area (Å²) >= 11 is 0. The number of piperidine rings is 1. The van der Waals surface area contributed by atoms with Crippen molar-refractivity contribution in [1.82, 2.24) is 5.32 Å². The number of carbonyl (C=O) groups is 1. The molecule has 17 heavy (non-hydrogen) atoms. The minimum Gasteiger partial charge on any atom is -0.508 e. The van der Waals surface area contributed by atoms with E-state index in [0.29, 0.717) is 6.42 Å². The molecule has 0 spiro atoms. The molecule has 0 aliphatic carbocycles. The average Bonchev–Trinajstić information content (AvgIpc) is 2.30. The van der Waals surface area contributed by atoms with Crippen LogP contribution < -0.4 is 5.32 Å². The van der Waals surface area contributed by atoms with Crippen LogP contribution in [0.15, 0.2) is 24.3 Å². The van der Waals surface area contributed by atoms with Gasteiger partial charge in [0, 0.05) is 6.42 Å². The van der Waals surface area contributed by atoms with Gasteiger partial charge >= 0.3 is 0 Å². The van der Waals surface area contributed by atoms with E-state index >= 15 is 0 Å². The molecule has 1 aromatic carbocycles. The maximum atomic E-state index is 12.3. The highest BCUT2D eigenvalue weighted by atomic mass is 16.3. The lowest BCUT2D eigenvalue weighted by molar-refractivity contribution is -0.125. The molecule has 3 heteroatoms. The van der Waals surface area contributed by atoms with Crippen LogP contribution in [0.1, 0.15) is 31.7 Å². The predicted octanol–water partition coefficient (Wildman–Crippen LogP) is 2.04. The zero-order chi connectivity index (χ0) is 12.3. The smallest absolute Gasteiger partial charge is 0.156 e. The largest absolute Gasteiger partial charge is 0.508 e. The van der Waals surface area contributed by atoms with Crippen molar-refractivity contribution in [3.8, 4) is 5.75 Å². The van der Waals surface area contributed by atoms with Gasteiger partial charge in [-0.25, -0.2) is 0 Å². The van der Waals surface area contributed by atoms with E-state index in [0.717, 1.165) is 31.4 Å². The molecule has 0 saturated carbocycles. The maximum Gasteiger partial charge on any atom is 0.156 e. The Bertz CT molecular complexity index is 408. The number of nitrogens with one attached hydrogen (secondary N) is 1. The van der Waals surface area contributed by atoms with E-state index < -0.39 is 0 Å².